The Morgan fingerprint density at radius 1 is 1.03 bits per heavy atom. The fraction of sp³-hybridized carbons (Fsp3) is 0.240. The van der Waals surface area contributed by atoms with E-state index in [1.165, 1.54) is 24.3 Å². The first-order valence-corrected chi connectivity index (χ1v) is 13.2. The van der Waals surface area contributed by atoms with Crippen molar-refractivity contribution in [1.82, 2.24) is 5.32 Å². The van der Waals surface area contributed by atoms with E-state index in [0.29, 0.717) is 36.4 Å². The van der Waals surface area contributed by atoms with Crippen LogP contribution in [-0.4, -0.2) is 33.1 Å². The van der Waals surface area contributed by atoms with E-state index < -0.39 is 34.2 Å². The third-order valence-corrected chi connectivity index (χ3v) is 8.01. The van der Waals surface area contributed by atoms with Gasteiger partial charge in [0.05, 0.1) is 33.4 Å². The summed E-state index contributed by atoms with van der Waals surface area (Å²) < 4.78 is 73.6. The first-order chi connectivity index (χ1) is 17.5. The number of alkyl halides is 3. The zero-order chi connectivity index (χ0) is 26.4. The van der Waals surface area contributed by atoms with Crippen LogP contribution in [0.2, 0.25) is 5.02 Å². The van der Waals surface area contributed by atoms with Gasteiger partial charge >= 0.3 is 12.1 Å². The van der Waals surface area contributed by atoms with E-state index in [2.05, 4.69) is 10.0 Å². The van der Waals surface area contributed by atoms with Crippen molar-refractivity contribution in [1.29, 1.82) is 0 Å². The van der Waals surface area contributed by atoms with Gasteiger partial charge in [-0.3, -0.25) is 9.52 Å². The van der Waals surface area contributed by atoms with Crippen molar-refractivity contribution in [2.45, 2.75) is 36.0 Å². The maximum atomic E-state index is 13.1. The van der Waals surface area contributed by atoms with Crippen LogP contribution in [-0.2, 0) is 14.8 Å². The van der Waals surface area contributed by atoms with Crippen LogP contribution in [0.3, 0.4) is 0 Å². The molecular weight excluding hydrogens is 531 g/mol. The molecule has 0 radical (unpaired) electrons. The summed E-state index contributed by atoms with van der Waals surface area (Å²) in [6.45, 7) is 0.458. The Hall–Kier alpha value is -3.44. The van der Waals surface area contributed by atoms with Crippen LogP contribution in [0.5, 0.6) is 11.5 Å². The normalized spacial score (nSPS) is 19.0. The molecule has 0 bridgehead atoms. The Bertz CT molecular complexity index is 1450. The summed E-state index contributed by atoms with van der Waals surface area (Å²) in [5.41, 5.74) is 1.15. The van der Waals surface area contributed by atoms with Crippen molar-refractivity contribution >= 4 is 38.9 Å². The molecule has 2 atom stereocenters. The highest BCUT2D eigenvalue weighted by molar-refractivity contribution is 7.92. The van der Waals surface area contributed by atoms with E-state index in [1.54, 1.807) is 42.5 Å². The smallest absolute Gasteiger partial charge is 0.455 e. The minimum Gasteiger partial charge on any atom is -0.455 e. The zero-order valence-corrected chi connectivity index (χ0v) is 20.7. The number of amides is 1. The molecule has 1 amide bonds. The van der Waals surface area contributed by atoms with Crippen molar-refractivity contribution in [2.24, 2.45) is 0 Å². The topological polar surface area (TPSA) is 87.7 Å². The van der Waals surface area contributed by atoms with Gasteiger partial charge < -0.3 is 15.0 Å². The second kappa shape index (κ2) is 9.46. The maximum absolute atomic E-state index is 13.1. The highest BCUT2D eigenvalue weighted by Gasteiger charge is 2.44. The molecule has 3 aromatic carbocycles. The SMILES string of the molecule is O=C(N[C@@H]1CCCN2c3cc(Cl)c(NS(=O)(=O)c4ccccc4)cc3Oc3ccccc3[C@@H]12)C(F)(F)F. The summed E-state index contributed by atoms with van der Waals surface area (Å²) in [5.74, 6) is -1.36. The number of carbonyl (C=O) groups excluding carboxylic acids is 1. The molecule has 0 unspecified atom stereocenters. The summed E-state index contributed by atoms with van der Waals surface area (Å²) >= 11 is 6.50. The molecule has 2 N–H and O–H groups in total. The van der Waals surface area contributed by atoms with Crippen molar-refractivity contribution in [3.8, 4) is 11.5 Å². The number of nitrogens with one attached hydrogen (secondary N) is 2. The predicted octanol–water partition coefficient (Wildman–Crippen LogP) is 5.64. The molecule has 7 nitrogen and oxygen atoms in total. The number of rotatable bonds is 4. The van der Waals surface area contributed by atoms with Crippen LogP contribution >= 0.6 is 11.6 Å². The average molecular weight is 552 g/mol. The van der Waals surface area contributed by atoms with Gasteiger partial charge in [0.15, 0.2) is 5.75 Å². The Balaban J connectivity index is 1.57. The van der Waals surface area contributed by atoms with Crippen LogP contribution in [0.15, 0.2) is 71.6 Å². The number of nitrogens with zero attached hydrogens (tertiary/aromatic N) is 1. The Kier molecular flexibility index (Phi) is 6.45. The third-order valence-electron chi connectivity index (χ3n) is 6.32. The predicted molar refractivity (Wildman–Crippen MR) is 133 cm³/mol. The lowest BCUT2D eigenvalue weighted by atomic mass is 9.89. The molecule has 0 spiro atoms. The van der Waals surface area contributed by atoms with Gasteiger partial charge in [0.1, 0.15) is 5.75 Å². The molecule has 0 aliphatic carbocycles. The van der Waals surface area contributed by atoms with Crippen molar-refractivity contribution in [3.63, 3.8) is 0 Å². The number of carbonyl (C=O) groups is 1. The molecule has 3 aromatic rings. The van der Waals surface area contributed by atoms with Gasteiger partial charge in [-0.15, -0.1) is 0 Å². The van der Waals surface area contributed by atoms with Crippen LogP contribution < -0.4 is 19.7 Å². The van der Waals surface area contributed by atoms with E-state index in [9.17, 15) is 26.4 Å². The standard InChI is InChI=1S/C25H21ClF3N3O4S/c26-17-13-20-22(14-19(17)31-37(34,35)15-7-2-1-3-8-15)36-21-11-5-4-9-16(21)23-18(10-6-12-32(20)23)30-24(33)25(27,28)29/h1-5,7-9,11,13-14,18,23,31H,6,10,12H2,(H,30,33)/t18-,23+/m1/s1. The number of fused-ring (bicyclic) bond motifs is 5. The molecular formula is C25H21ClF3N3O4S. The van der Waals surface area contributed by atoms with Crippen LogP contribution in [0, 0.1) is 0 Å². The number of sulfonamides is 1. The monoisotopic (exact) mass is 551 g/mol. The zero-order valence-electron chi connectivity index (χ0n) is 19.1. The molecule has 194 valence electrons. The molecule has 0 saturated carbocycles. The van der Waals surface area contributed by atoms with Gasteiger partial charge in [-0.1, -0.05) is 48.0 Å². The van der Waals surface area contributed by atoms with E-state index >= 15 is 0 Å². The molecule has 1 fully saturated rings. The minimum atomic E-state index is -5.02. The first-order valence-electron chi connectivity index (χ1n) is 11.4. The highest BCUT2D eigenvalue weighted by atomic mass is 35.5. The number of halogens is 4. The van der Waals surface area contributed by atoms with E-state index in [0.717, 1.165) is 0 Å². The van der Waals surface area contributed by atoms with E-state index in [-0.39, 0.29) is 21.4 Å². The molecule has 37 heavy (non-hydrogen) atoms. The Labute approximate surface area is 216 Å². The summed E-state index contributed by atoms with van der Waals surface area (Å²) in [6.07, 6.45) is -4.19. The maximum Gasteiger partial charge on any atom is 0.471 e. The van der Waals surface area contributed by atoms with Gasteiger partial charge in [0.25, 0.3) is 10.0 Å². The van der Waals surface area contributed by atoms with Crippen molar-refractivity contribution in [3.05, 3.63) is 77.3 Å². The molecule has 2 heterocycles. The van der Waals surface area contributed by atoms with E-state index in [4.69, 9.17) is 16.3 Å². The quantitative estimate of drug-likeness (QED) is 0.438. The van der Waals surface area contributed by atoms with Gasteiger partial charge in [0.2, 0.25) is 0 Å². The Morgan fingerprint density at radius 2 is 1.73 bits per heavy atom. The molecule has 0 aromatic heterocycles. The number of hydrogen-bond acceptors (Lipinski definition) is 5. The van der Waals surface area contributed by atoms with Gasteiger partial charge in [-0.05, 0) is 37.1 Å². The number of anilines is 2. The summed E-state index contributed by atoms with van der Waals surface area (Å²) in [6, 6.07) is 16.1. The number of hydrogen-bond donors (Lipinski definition) is 2. The molecule has 12 heteroatoms. The van der Waals surface area contributed by atoms with Gasteiger partial charge in [0, 0.05) is 18.2 Å². The average Bonchev–Trinajstić information content (AvgIpc) is 2.99. The van der Waals surface area contributed by atoms with Crippen LogP contribution in [0.25, 0.3) is 0 Å². The molecule has 5 rings (SSSR count). The number of para-hydroxylation sites is 1. The lowest BCUT2D eigenvalue weighted by molar-refractivity contribution is -0.174. The highest BCUT2D eigenvalue weighted by Crippen LogP contribution is 2.50. The number of piperidine rings is 1. The minimum absolute atomic E-state index is 0.0478. The van der Waals surface area contributed by atoms with Crippen LogP contribution in [0.1, 0.15) is 24.4 Å². The fourth-order valence-corrected chi connectivity index (χ4v) is 6.07. The molecule has 2 aliphatic rings. The first kappa shape index (κ1) is 25.2. The third kappa shape index (κ3) is 4.93. The summed E-state index contributed by atoms with van der Waals surface area (Å²) in [5, 5.41) is 2.22. The summed E-state index contributed by atoms with van der Waals surface area (Å²) in [4.78, 5) is 13.7. The second-order valence-electron chi connectivity index (χ2n) is 8.72. The van der Waals surface area contributed by atoms with E-state index in [1.807, 2.05) is 4.90 Å². The summed E-state index contributed by atoms with van der Waals surface area (Å²) in [7, 11) is -3.95. The van der Waals surface area contributed by atoms with Crippen molar-refractivity contribution < 1.29 is 31.1 Å². The van der Waals surface area contributed by atoms with Gasteiger partial charge in [-0.2, -0.15) is 13.2 Å². The number of ether oxygens (including phenoxy) is 1. The lowest BCUT2D eigenvalue weighted by Gasteiger charge is -2.42. The molecule has 1 saturated heterocycles. The van der Waals surface area contributed by atoms with Crippen molar-refractivity contribution in [2.75, 3.05) is 16.2 Å². The Morgan fingerprint density at radius 3 is 2.46 bits per heavy atom. The molecule has 2 aliphatic heterocycles. The van der Waals surface area contributed by atoms with Gasteiger partial charge in [-0.25, -0.2) is 8.42 Å². The largest absolute Gasteiger partial charge is 0.471 e. The fourth-order valence-electron chi connectivity index (χ4n) is 4.72. The lowest BCUT2D eigenvalue weighted by Crippen LogP contribution is -2.52. The second-order valence-corrected chi connectivity index (χ2v) is 10.8. The number of benzene rings is 3. The van der Waals surface area contributed by atoms with Crippen LogP contribution in [0.4, 0.5) is 24.5 Å².